The second-order valence-corrected chi connectivity index (χ2v) is 7.36. The van der Waals surface area contributed by atoms with Gasteiger partial charge in [0.1, 0.15) is 0 Å². The molecular formula is C16H13BrN2O2S. The first-order valence-electron chi connectivity index (χ1n) is 6.64. The fourth-order valence-electron chi connectivity index (χ4n) is 2.23. The SMILES string of the molecule is O=S(=O)(NCc1ccncc1)c1ccc(Br)c2ccccc12. The Bertz CT molecular complexity index is 912. The van der Waals surface area contributed by atoms with Crippen molar-refractivity contribution in [1.29, 1.82) is 0 Å². The van der Waals surface area contributed by atoms with Crippen molar-refractivity contribution < 1.29 is 8.42 Å². The molecule has 2 aromatic carbocycles. The molecular weight excluding hydrogens is 364 g/mol. The van der Waals surface area contributed by atoms with Crippen LogP contribution in [0.15, 0.2) is 70.3 Å². The summed E-state index contributed by atoms with van der Waals surface area (Å²) in [7, 11) is -3.59. The smallest absolute Gasteiger partial charge is 0.241 e. The highest BCUT2D eigenvalue weighted by atomic mass is 79.9. The summed E-state index contributed by atoms with van der Waals surface area (Å²) >= 11 is 3.45. The Labute approximate surface area is 137 Å². The number of halogens is 1. The van der Waals surface area contributed by atoms with Gasteiger partial charge in [0.05, 0.1) is 4.90 Å². The molecule has 0 aliphatic heterocycles. The number of rotatable bonds is 4. The van der Waals surface area contributed by atoms with Crippen LogP contribution >= 0.6 is 15.9 Å². The maximum absolute atomic E-state index is 12.6. The predicted molar refractivity (Wildman–Crippen MR) is 89.9 cm³/mol. The quantitative estimate of drug-likeness (QED) is 0.758. The average Bonchev–Trinajstić information content (AvgIpc) is 2.54. The van der Waals surface area contributed by atoms with E-state index in [4.69, 9.17) is 0 Å². The monoisotopic (exact) mass is 376 g/mol. The fourth-order valence-corrected chi connectivity index (χ4v) is 3.93. The molecule has 1 aromatic heterocycles. The van der Waals surface area contributed by atoms with Crippen LogP contribution in [0.4, 0.5) is 0 Å². The van der Waals surface area contributed by atoms with Crippen molar-refractivity contribution in [1.82, 2.24) is 9.71 Å². The van der Waals surface area contributed by atoms with Crippen LogP contribution in [0.2, 0.25) is 0 Å². The van der Waals surface area contributed by atoms with Gasteiger partial charge in [0, 0.05) is 28.8 Å². The van der Waals surface area contributed by atoms with Gasteiger partial charge in [-0.05, 0) is 35.2 Å². The van der Waals surface area contributed by atoms with E-state index in [9.17, 15) is 8.42 Å². The number of nitrogens with zero attached hydrogens (tertiary/aromatic N) is 1. The van der Waals surface area contributed by atoms with Gasteiger partial charge < -0.3 is 0 Å². The number of nitrogens with one attached hydrogen (secondary N) is 1. The van der Waals surface area contributed by atoms with Crippen molar-refractivity contribution in [3.05, 3.63) is 71.0 Å². The van der Waals surface area contributed by atoms with Gasteiger partial charge in [0.15, 0.2) is 0 Å². The minimum atomic E-state index is -3.59. The Morgan fingerprint density at radius 2 is 1.64 bits per heavy atom. The van der Waals surface area contributed by atoms with Crippen LogP contribution < -0.4 is 4.72 Å². The van der Waals surface area contributed by atoms with Crippen LogP contribution in [0, 0.1) is 0 Å². The molecule has 0 radical (unpaired) electrons. The van der Waals surface area contributed by atoms with Crippen LogP contribution in [-0.4, -0.2) is 13.4 Å². The van der Waals surface area contributed by atoms with Crippen molar-refractivity contribution in [2.24, 2.45) is 0 Å². The summed E-state index contributed by atoms with van der Waals surface area (Å²) in [6, 6.07) is 14.3. The minimum absolute atomic E-state index is 0.231. The highest BCUT2D eigenvalue weighted by Gasteiger charge is 2.17. The Kier molecular flexibility index (Phi) is 4.24. The lowest BCUT2D eigenvalue weighted by atomic mass is 10.1. The van der Waals surface area contributed by atoms with Crippen LogP contribution in [0.3, 0.4) is 0 Å². The van der Waals surface area contributed by atoms with Crippen LogP contribution in [0.5, 0.6) is 0 Å². The molecule has 0 spiro atoms. The second kappa shape index (κ2) is 6.16. The zero-order valence-corrected chi connectivity index (χ0v) is 13.9. The number of pyridine rings is 1. The number of aromatic nitrogens is 1. The number of benzene rings is 2. The minimum Gasteiger partial charge on any atom is -0.265 e. The van der Waals surface area contributed by atoms with E-state index in [1.807, 2.05) is 18.2 Å². The van der Waals surface area contributed by atoms with Crippen molar-refractivity contribution in [2.75, 3.05) is 0 Å². The molecule has 0 bridgehead atoms. The van der Waals surface area contributed by atoms with Crippen molar-refractivity contribution in [2.45, 2.75) is 11.4 Å². The summed E-state index contributed by atoms with van der Waals surface area (Å²) in [5.41, 5.74) is 0.861. The maximum atomic E-state index is 12.6. The predicted octanol–water partition coefficient (Wildman–Crippen LogP) is 3.48. The van der Waals surface area contributed by atoms with E-state index in [1.165, 1.54) is 0 Å². The zero-order chi connectivity index (χ0) is 15.6. The molecule has 0 fully saturated rings. The molecule has 3 aromatic rings. The van der Waals surface area contributed by atoms with E-state index < -0.39 is 10.0 Å². The lowest BCUT2D eigenvalue weighted by molar-refractivity contribution is 0.582. The average molecular weight is 377 g/mol. The van der Waals surface area contributed by atoms with E-state index in [2.05, 4.69) is 25.6 Å². The van der Waals surface area contributed by atoms with E-state index in [0.717, 1.165) is 15.4 Å². The second-order valence-electron chi connectivity index (χ2n) is 4.77. The molecule has 22 heavy (non-hydrogen) atoms. The van der Waals surface area contributed by atoms with E-state index in [-0.39, 0.29) is 11.4 Å². The van der Waals surface area contributed by atoms with Gasteiger partial charge in [-0.2, -0.15) is 0 Å². The Morgan fingerprint density at radius 1 is 0.955 bits per heavy atom. The first kappa shape index (κ1) is 15.1. The van der Waals surface area contributed by atoms with Crippen LogP contribution in [0.25, 0.3) is 10.8 Å². The molecule has 4 nitrogen and oxygen atoms in total. The third kappa shape index (κ3) is 3.04. The highest BCUT2D eigenvalue weighted by molar-refractivity contribution is 9.10. The molecule has 112 valence electrons. The first-order chi connectivity index (χ1) is 10.6. The Morgan fingerprint density at radius 3 is 2.36 bits per heavy atom. The lowest BCUT2D eigenvalue weighted by Crippen LogP contribution is -2.23. The summed E-state index contributed by atoms with van der Waals surface area (Å²) in [4.78, 5) is 4.19. The summed E-state index contributed by atoms with van der Waals surface area (Å²) in [5, 5.41) is 1.56. The standard InChI is InChI=1S/C16H13BrN2O2S/c17-15-5-6-16(14-4-2-1-3-13(14)15)22(20,21)19-11-12-7-9-18-10-8-12/h1-10,19H,11H2. The van der Waals surface area contributed by atoms with Gasteiger partial charge in [-0.1, -0.05) is 40.2 Å². The molecule has 0 atom stereocenters. The third-order valence-corrected chi connectivity index (χ3v) is 5.49. The van der Waals surface area contributed by atoms with Crippen LogP contribution in [-0.2, 0) is 16.6 Å². The van der Waals surface area contributed by atoms with Crippen molar-refractivity contribution in [3.63, 3.8) is 0 Å². The molecule has 1 heterocycles. The molecule has 3 rings (SSSR count). The number of hydrogen-bond donors (Lipinski definition) is 1. The van der Waals surface area contributed by atoms with Gasteiger partial charge in [-0.25, -0.2) is 13.1 Å². The van der Waals surface area contributed by atoms with Gasteiger partial charge in [-0.3, -0.25) is 4.98 Å². The van der Waals surface area contributed by atoms with Gasteiger partial charge in [-0.15, -0.1) is 0 Å². The summed E-state index contributed by atoms with van der Waals surface area (Å²) in [6.45, 7) is 0.231. The van der Waals surface area contributed by atoms with Gasteiger partial charge >= 0.3 is 0 Å². The fraction of sp³-hybridized carbons (Fsp3) is 0.0625. The van der Waals surface area contributed by atoms with Crippen molar-refractivity contribution >= 4 is 36.7 Å². The summed E-state index contributed by atoms with van der Waals surface area (Å²) < 4.78 is 28.7. The molecule has 0 saturated heterocycles. The molecule has 1 N–H and O–H groups in total. The largest absolute Gasteiger partial charge is 0.265 e. The molecule has 0 aliphatic carbocycles. The summed E-state index contributed by atoms with van der Waals surface area (Å²) in [5.74, 6) is 0. The van der Waals surface area contributed by atoms with E-state index >= 15 is 0 Å². The maximum Gasteiger partial charge on any atom is 0.241 e. The first-order valence-corrected chi connectivity index (χ1v) is 8.91. The summed E-state index contributed by atoms with van der Waals surface area (Å²) in [6.07, 6.45) is 3.28. The van der Waals surface area contributed by atoms with Gasteiger partial charge in [0.25, 0.3) is 0 Å². The third-order valence-electron chi connectivity index (χ3n) is 3.34. The molecule has 0 saturated carbocycles. The highest BCUT2D eigenvalue weighted by Crippen LogP contribution is 2.29. The van der Waals surface area contributed by atoms with Crippen LogP contribution in [0.1, 0.15) is 5.56 Å². The Balaban J connectivity index is 1.98. The molecule has 0 unspecified atom stereocenters. The molecule has 6 heteroatoms. The molecule has 0 amide bonds. The number of hydrogen-bond acceptors (Lipinski definition) is 3. The lowest BCUT2D eigenvalue weighted by Gasteiger charge is -2.10. The normalized spacial score (nSPS) is 11.7. The van der Waals surface area contributed by atoms with Crippen molar-refractivity contribution in [3.8, 4) is 0 Å². The van der Waals surface area contributed by atoms with Gasteiger partial charge in [0.2, 0.25) is 10.0 Å². The topological polar surface area (TPSA) is 59.1 Å². The zero-order valence-electron chi connectivity index (χ0n) is 11.5. The Hall–Kier alpha value is -1.76. The molecule has 0 aliphatic rings. The number of fused-ring (bicyclic) bond motifs is 1. The van der Waals surface area contributed by atoms with E-state index in [1.54, 1.807) is 42.7 Å². The number of sulfonamides is 1. The van der Waals surface area contributed by atoms with E-state index in [0.29, 0.717) is 5.39 Å².